The second kappa shape index (κ2) is 8.21. The zero-order valence-electron chi connectivity index (χ0n) is 7.20. The van der Waals surface area contributed by atoms with Gasteiger partial charge in [-0.15, -0.1) is 0 Å². The fourth-order valence-electron chi connectivity index (χ4n) is 0.919. The summed E-state index contributed by atoms with van der Waals surface area (Å²) in [5.41, 5.74) is 0. The van der Waals surface area contributed by atoms with Crippen LogP contribution in [0.5, 0.6) is 0 Å². The fraction of sp³-hybridized carbons (Fsp3) is 0. The van der Waals surface area contributed by atoms with E-state index < -0.39 is 0 Å². The van der Waals surface area contributed by atoms with E-state index in [1.165, 1.54) is 0 Å². The van der Waals surface area contributed by atoms with Crippen LogP contribution < -0.4 is 0 Å². The molecule has 0 aromatic heterocycles. The van der Waals surface area contributed by atoms with Gasteiger partial charge in [-0.25, -0.2) is 0 Å². The van der Waals surface area contributed by atoms with Crippen molar-refractivity contribution in [1.82, 2.24) is 0 Å². The average Bonchev–Trinajstić information content (AvgIpc) is 2.75. The van der Waals surface area contributed by atoms with Crippen LogP contribution >= 0.6 is 0 Å². The molecule has 0 saturated heterocycles. The number of hydrogen-bond donors (Lipinski definition) is 0. The van der Waals surface area contributed by atoms with Crippen molar-refractivity contribution < 1.29 is 17.1 Å². The zero-order chi connectivity index (χ0) is 8.93. The van der Waals surface area contributed by atoms with Gasteiger partial charge in [-0.3, -0.25) is 0 Å². The molecule has 0 atom stereocenters. The van der Waals surface area contributed by atoms with Crippen LogP contribution in [-0.4, -0.2) is 37.6 Å². The predicted molar refractivity (Wildman–Crippen MR) is 58.1 cm³/mol. The zero-order valence-corrected chi connectivity index (χ0v) is 13.4. The molecule has 0 unspecified atom stereocenters. The standard InChI is InChI=1S/C10H8Se3.Fe/c1-2-6-9(5-1)11-13-12-10-7-3-4-8-10;/h1-8H;. The maximum atomic E-state index is 2.25. The average molecular weight is 421 g/mol. The molecule has 0 bridgehead atoms. The van der Waals surface area contributed by atoms with Gasteiger partial charge in [0, 0.05) is 17.1 Å². The third-order valence-corrected chi connectivity index (χ3v) is 17.1. The van der Waals surface area contributed by atoms with Crippen LogP contribution in [-0.2, 0) is 17.1 Å². The Morgan fingerprint density at radius 1 is 0.643 bits per heavy atom. The third-order valence-electron chi connectivity index (χ3n) is 1.52. The van der Waals surface area contributed by atoms with Crippen LogP contribution in [0, 0.1) is 61.0 Å². The van der Waals surface area contributed by atoms with Gasteiger partial charge in [0.2, 0.25) is 0 Å². The van der Waals surface area contributed by atoms with Gasteiger partial charge >= 0.3 is 98.6 Å². The van der Waals surface area contributed by atoms with Gasteiger partial charge in [-0.05, 0) is 0 Å². The molecule has 0 amide bonds. The van der Waals surface area contributed by atoms with Crippen LogP contribution in [0.2, 0.25) is 0 Å². The van der Waals surface area contributed by atoms with E-state index in [-0.39, 0.29) is 17.1 Å². The largest absolute Gasteiger partial charge is 0 e. The molecule has 10 radical (unpaired) electrons. The van der Waals surface area contributed by atoms with Crippen molar-refractivity contribution in [2.24, 2.45) is 0 Å². The summed E-state index contributed by atoms with van der Waals surface area (Å²) in [7, 11) is 0. The van der Waals surface area contributed by atoms with Gasteiger partial charge in [-0.2, -0.15) is 0 Å². The van der Waals surface area contributed by atoms with E-state index >= 15 is 0 Å². The maximum Gasteiger partial charge on any atom is 0 e. The Morgan fingerprint density at radius 2 is 1.00 bits per heavy atom. The summed E-state index contributed by atoms with van der Waals surface area (Å²) in [5, 5.41) is 0. The molecule has 0 aliphatic heterocycles. The Hall–Kier alpha value is 2.08. The summed E-state index contributed by atoms with van der Waals surface area (Å²) in [6, 6.07) is 0. The van der Waals surface area contributed by atoms with Crippen LogP contribution in [0.25, 0.3) is 0 Å². The normalized spacial score (nSPS) is 24.0. The summed E-state index contributed by atoms with van der Waals surface area (Å²) < 4.78 is 0. The fourth-order valence-corrected chi connectivity index (χ4v) is 17.8. The molecule has 2 saturated carbocycles. The summed E-state index contributed by atoms with van der Waals surface area (Å²) in [5.74, 6) is 0. The molecule has 0 aromatic carbocycles. The quantitative estimate of drug-likeness (QED) is 0.586. The van der Waals surface area contributed by atoms with Crippen LogP contribution in [0.4, 0.5) is 0 Å². The molecule has 14 heavy (non-hydrogen) atoms. The Morgan fingerprint density at radius 3 is 1.36 bits per heavy atom. The van der Waals surface area contributed by atoms with Crippen LogP contribution in [0.1, 0.15) is 0 Å². The topological polar surface area (TPSA) is 0 Å². The summed E-state index contributed by atoms with van der Waals surface area (Å²) in [6.45, 7) is 0. The molecule has 2 rings (SSSR count). The van der Waals surface area contributed by atoms with Crippen molar-refractivity contribution in [2.45, 2.75) is 0 Å². The van der Waals surface area contributed by atoms with E-state index in [4.69, 9.17) is 0 Å². The summed E-state index contributed by atoms with van der Waals surface area (Å²) in [4.78, 5) is 3.14. The van der Waals surface area contributed by atoms with Crippen molar-refractivity contribution in [3.8, 4) is 0 Å². The minimum Gasteiger partial charge on any atom is 0 e. The first-order valence-corrected chi connectivity index (χ1v) is 14.3. The minimum atomic E-state index is 0. The first kappa shape index (κ1) is 14.1. The van der Waals surface area contributed by atoms with Crippen molar-refractivity contribution >= 4 is 37.6 Å². The van der Waals surface area contributed by atoms with Crippen molar-refractivity contribution in [3.05, 3.63) is 61.0 Å². The number of rotatable bonds is 4. The van der Waals surface area contributed by atoms with Gasteiger partial charge in [-0.1, -0.05) is 0 Å². The van der Waals surface area contributed by atoms with E-state index in [2.05, 4.69) is 51.4 Å². The second-order valence-electron chi connectivity index (χ2n) is 2.48. The Bertz CT molecular complexity index is 126. The number of hydrogen-bond acceptors (Lipinski definition) is 0. The van der Waals surface area contributed by atoms with E-state index in [1.54, 1.807) is 9.63 Å². The molecular formula is C10H8FeSe3. The SMILES string of the molecule is [CH]1[CH][CH][C]([Se][Se][Se][C]2[CH][CH][CH][CH]2)[CH]1.[Fe]. The molecule has 4 heteroatoms. The Kier molecular flexibility index (Phi) is 8.29. The van der Waals surface area contributed by atoms with Gasteiger partial charge in [0.1, 0.15) is 0 Å². The summed E-state index contributed by atoms with van der Waals surface area (Å²) in [6.07, 6.45) is 17.6. The summed E-state index contributed by atoms with van der Waals surface area (Å²) >= 11 is 2.37. The van der Waals surface area contributed by atoms with Crippen LogP contribution in [0.15, 0.2) is 0 Å². The smallest absolute Gasteiger partial charge is 0 e. The van der Waals surface area contributed by atoms with Crippen molar-refractivity contribution in [3.63, 3.8) is 0 Å². The van der Waals surface area contributed by atoms with E-state index in [9.17, 15) is 0 Å². The van der Waals surface area contributed by atoms with Crippen molar-refractivity contribution in [1.29, 1.82) is 0 Å². The second-order valence-corrected chi connectivity index (χ2v) is 18.3. The molecule has 2 aliphatic rings. The van der Waals surface area contributed by atoms with Gasteiger partial charge < -0.3 is 0 Å². The molecular weight excluding hydrogens is 413 g/mol. The van der Waals surface area contributed by atoms with Crippen molar-refractivity contribution in [2.75, 3.05) is 0 Å². The molecule has 0 N–H and O–H groups in total. The van der Waals surface area contributed by atoms with E-state index in [1.807, 2.05) is 0 Å². The Balaban J connectivity index is 0.000000980. The predicted octanol–water partition coefficient (Wildman–Crippen LogP) is 0.652. The van der Waals surface area contributed by atoms with Gasteiger partial charge in [0.25, 0.3) is 0 Å². The molecule has 2 aliphatic carbocycles. The first-order valence-electron chi connectivity index (χ1n) is 3.90. The molecule has 0 aromatic rings. The molecule has 0 nitrogen and oxygen atoms in total. The molecule has 0 spiro atoms. The first-order chi connectivity index (χ1) is 6.45. The van der Waals surface area contributed by atoms with Crippen LogP contribution in [0.3, 0.4) is 0 Å². The monoisotopic (exact) mass is 424 g/mol. The third kappa shape index (κ3) is 4.94. The maximum absolute atomic E-state index is 2.25. The Labute approximate surface area is 115 Å². The van der Waals surface area contributed by atoms with E-state index in [0.717, 1.165) is 37.6 Å². The minimum absolute atomic E-state index is 0. The molecule has 0 heterocycles. The van der Waals surface area contributed by atoms with Gasteiger partial charge in [0.05, 0.1) is 0 Å². The molecule has 2 fully saturated rings. The molecule has 74 valence electrons. The van der Waals surface area contributed by atoms with E-state index in [0.29, 0.717) is 0 Å². The van der Waals surface area contributed by atoms with Gasteiger partial charge in [0.15, 0.2) is 0 Å².